The van der Waals surface area contributed by atoms with Crippen molar-refractivity contribution in [3.05, 3.63) is 53.1 Å². The maximum absolute atomic E-state index is 12.9. The van der Waals surface area contributed by atoms with Gasteiger partial charge in [0.05, 0.1) is 20.3 Å². The molecule has 150 valence electrons. The monoisotopic (exact) mass is 395 g/mol. The summed E-state index contributed by atoms with van der Waals surface area (Å²) in [6.45, 7) is 2.37. The van der Waals surface area contributed by atoms with E-state index < -0.39 is 6.36 Å². The lowest BCUT2D eigenvalue weighted by atomic mass is 9.91. The lowest BCUT2D eigenvalue weighted by Crippen LogP contribution is -2.39. The zero-order valence-electron chi connectivity index (χ0n) is 15.7. The second kappa shape index (κ2) is 7.61. The average molecular weight is 395 g/mol. The molecule has 0 aliphatic carbocycles. The van der Waals surface area contributed by atoms with Gasteiger partial charge in [0.2, 0.25) is 0 Å². The summed E-state index contributed by atoms with van der Waals surface area (Å²) in [5, 5.41) is 0. The van der Waals surface area contributed by atoms with Crippen LogP contribution < -0.4 is 14.2 Å². The van der Waals surface area contributed by atoms with Crippen LogP contribution in [0.2, 0.25) is 0 Å². The molecule has 1 aliphatic rings. The zero-order valence-corrected chi connectivity index (χ0v) is 15.7. The Balaban J connectivity index is 1.84. The van der Waals surface area contributed by atoms with Crippen molar-refractivity contribution in [1.29, 1.82) is 0 Å². The van der Waals surface area contributed by atoms with Gasteiger partial charge in [0.15, 0.2) is 0 Å². The number of alkyl halides is 3. The number of halogens is 3. The van der Waals surface area contributed by atoms with Crippen molar-refractivity contribution in [1.82, 2.24) is 4.90 Å². The van der Waals surface area contributed by atoms with Crippen LogP contribution in [0.5, 0.6) is 17.2 Å². The Kier molecular flexibility index (Phi) is 5.40. The third-order valence-corrected chi connectivity index (χ3v) is 4.76. The minimum Gasteiger partial charge on any atom is -0.497 e. The van der Waals surface area contributed by atoms with E-state index in [2.05, 4.69) is 4.74 Å². The maximum Gasteiger partial charge on any atom is 0.573 e. The van der Waals surface area contributed by atoms with E-state index in [1.165, 1.54) is 12.1 Å². The maximum atomic E-state index is 12.9. The van der Waals surface area contributed by atoms with E-state index in [1.807, 2.05) is 13.0 Å². The van der Waals surface area contributed by atoms with E-state index >= 15 is 0 Å². The van der Waals surface area contributed by atoms with Gasteiger partial charge < -0.3 is 19.1 Å². The zero-order chi connectivity index (χ0) is 20.5. The molecule has 8 heteroatoms. The molecule has 28 heavy (non-hydrogen) atoms. The Morgan fingerprint density at radius 3 is 2.32 bits per heavy atom. The number of methoxy groups -OCH3 is 2. The fourth-order valence-corrected chi connectivity index (χ4v) is 3.46. The van der Waals surface area contributed by atoms with Crippen LogP contribution in [0.15, 0.2) is 36.4 Å². The van der Waals surface area contributed by atoms with Crippen LogP contribution in [0, 0.1) is 0 Å². The number of rotatable bonds is 4. The first-order valence-corrected chi connectivity index (χ1v) is 8.65. The smallest absolute Gasteiger partial charge is 0.497 e. The highest BCUT2D eigenvalue weighted by atomic mass is 19.4. The third-order valence-electron chi connectivity index (χ3n) is 4.76. The lowest BCUT2D eigenvalue weighted by Gasteiger charge is -2.36. The standard InChI is InChI=1S/C20H20F3NO4/c1-12-18-14(10-16(26-2)11-17(18)27-3)8-9-24(12)19(25)13-4-6-15(7-5-13)28-20(21,22)23/h4-7,10-12H,8-9H2,1-3H3. The van der Waals surface area contributed by atoms with Crippen LogP contribution in [0.4, 0.5) is 13.2 Å². The minimum atomic E-state index is -4.77. The predicted molar refractivity (Wildman–Crippen MR) is 95.8 cm³/mol. The number of carbonyl (C=O) groups excluding carboxylic acids is 1. The highest BCUT2D eigenvalue weighted by Crippen LogP contribution is 2.39. The third kappa shape index (κ3) is 4.00. The number of amides is 1. The fourth-order valence-electron chi connectivity index (χ4n) is 3.46. The van der Waals surface area contributed by atoms with Gasteiger partial charge in [-0.3, -0.25) is 4.79 Å². The van der Waals surface area contributed by atoms with Gasteiger partial charge >= 0.3 is 6.36 Å². The molecule has 0 spiro atoms. The van der Waals surface area contributed by atoms with Crippen LogP contribution in [-0.2, 0) is 6.42 Å². The van der Waals surface area contributed by atoms with E-state index in [1.54, 1.807) is 25.2 Å². The van der Waals surface area contributed by atoms with Crippen molar-refractivity contribution in [2.24, 2.45) is 0 Å². The van der Waals surface area contributed by atoms with Gasteiger partial charge in [0.25, 0.3) is 5.91 Å². The first-order valence-electron chi connectivity index (χ1n) is 8.65. The Labute approximate surface area is 160 Å². The number of nitrogens with zero attached hydrogens (tertiary/aromatic N) is 1. The summed E-state index contributed by atoms with van der Waals surface area (Å²) in [6.07, 6.45) is -4.15. The van der Waals surface area contributed by atoms with Gasteiger partial charge in [0.1, 0.15) is 17.2 Å². The number of benzene rings is 2. The van der Waals surface area contributed by atoms with Gasteiger partial charge in [-0.15, -0.1) is 13.2 Å². The topological polar surface area (TPSA) is 48.0 Å². The number of carbonyl (C=O) groups is 1. The minimum absolute atomic E-state index is 0.261. The van der Waals surface area contributed by atoms with E-state index in [4.69, 9.17) is 9.47 Å². The Morgan fingerprint density at radius 2 is 1.75 bits per heavy atom. The van der Waals surface area contributed by atoms with Crippen LogP contribution in [-0.4, -0.2) is 37.9 Å². The van der Waals surface area contributed by atoms with Crippen LogP contribution in [0.3, 0.4) is 0 Å². The summed E-state index contributed by atoms with van der Waals surface area (Å²) in [7, 11) is 3.14. The molecule has 0 fully saturated rings. The molecule has 1 amide bonds. The molecule has 0 radical (unpaired) electrons. The summed E-state index contributed by atoms with van der Waals surface area (Å²) >= 11 is 0. The van der Waals surface area contributed by atoms with Gasteiger partial charge in [-0.05, 0) is 49.2 Å². The van der Waals surface area contributed by atoms with E-state index in [0.29, 0.717) is 24.5 Å². The highest BCUT2D eigenvalue weighted by Gasteiger charge is 2.33. The first-order chi connectivity index (χ1) is 13.2. The average Bonchev–Trinajstić information content (AvgIpc) is 2.66. The van der Waals surface area contributed by atoms with Crippen molar-refractivity contribution in [2.45, 2.75) is 25.7 Å². The van der Waals surface area contributed by atoms with E-state index in [9.17, 15) is 18.0 Å². The number of fused-ring (bicyclic) bond motifs is 1. The van der Waals surface area contributed by atoms with Crippen molar-refractivity contribution in [3.8, 4) is 17.2 Å². The molecule has 0 saturated heterocycles. The summed E-state index contributed by atoms with van der Waals surface area (Å²) in [5.74, 6) is 0.681. The molecule has 3 rings (SSSR count). The molecule has 5 nitrogen and oxygen atoms in total. The molecule has 0 saturated carbocycles. The van der Waals surface area contributed by atoms with Gasteiger partial charge in [-0.2, -0.15) is 0 Å². The van der Waals surface area contributed by atoms with Crippen molar-refractivity contribution >= 4 is 5.91 Å². The lowest BCUT2D eigenvalue weighted by molar-refractivity contribution is -0.274. The summed E-state index contributed by atoms with van der Waals surface area (Å²) in [5.41, 5.74) is 2.24. The molecular weight excluding hydrogens is 375 g/mol. The molecular formula is C20H20F3NO4. The number of hydrogen-bond donors (Lipinski definition) is 0. The SMILES string of the molecule is COc1cc2c(c(OC)c1)C(C)N(C(=O)c1ccc(OC(F)(F)F)cc1)CC2. The Morgan fingerprint density at radius 1 is 1.07 bits per heavy atom. The van der Waals surface area contributed by atoms with E-state index in [0.717, 1.165) is 23.3 Å². The Bertz CT molecular complexity index is 848. The molecule has 1 heterocycles. The largest absolute Gasteiger partial charge is 0.573 e. The van der Waals surface area contributed by atoms with Gasteiger partial charge in [-0.1, -0.05) is 0 Å². The molecule has 0 N–H and O–H groups in total. The summed E-state index contributed by atoms with van der Waals surface area (Å²) in [6, 6.07) is 8.37. The van der Waals surface area contributed by atoms with Gasteiger partial charge in [-0.25, -0.2) is 0 Å². The summed E-state index contributed by atoms with van der Waals surface area (Å²) < 4.78 is 51.5. The molecule has 2 aromatic rings. The van der Waals surface area contributed by atoms with Crippen LogP contribution in [0.1, 0.15) is 34.5 Å². The molecule has 1 aliphatic heterocycles. The quantitative estimate of drug-likeness (QED) is 0.772. The first kappa shape index (κ1) is 19.9. The number of ether oxygens (including phenoxy) is 3. The second-order valence-electron chi connectivity index (χ2n) is 6.40. The number of hydrogen-bond acceptors (Lipinski definition) is 4. The Hall–Kier alpha value is -2.90. The molecule has 1 atom stereocenters. The molecule has 0 bridgehead atoms. The fraction of sp³-hybridized carbons (Fsp3) is 0.350. The predicted octanol–water partition coefficient (Wildman–Crippen LogP) is 4.36. The normalized spacial score (nSPS) is 16.4. The highest BCUT2D eigenvalue weighted by molar-refractivity contribution is 5.95. The van der Waals surface area contributed by atoms with Crippen molar-refractivity contribution in [3.63, 3.8) is 0 Å². The van der Waals surface area contributed by atoms with E-state index in [-0.39, 0.29) is 23.3 Å². The van der Waals surface area contributed by atoms with Crippen molar-refractivity contribution < 1.29 is 32.2 Å². The molecule has 1 unspecified atom stereocenters. The molecule has 2 aromatic carbocycles. The molecule has 0 aromatic heterocycles. The van der Waals surface area contributed by atoms with Crippen LogP contribution >= 0.6 is 0 Å². The van der Waals surface area contributed by atoms with Crippen molar-refractivity contribution in [2.75, 3.05) is 20.8 Å². The summed E-state index contributed by atoms with van der Waals surface area (Å²) in [4.78, 5) is 14.6. The van der Waals surface area contributed by atoms with Crippen LogP contribution in [0.25, 0.3) is 0 Å². The van der Waals surface area contributed by atoms with Gasteiger partial charge in [0, 0.05) is 23.7 Å². The second-order valence-corrected chi connectivity index (χ2v) is 6.40.